The molecule has 2 aliphatic rings. The average molecular weight is 388 g/mol. The van der Waals surface area contributed by atoms with E-state index in [1.807, 2.05) is 20.2 Å². The molecule has 4 rings (SSSR count). The highest BCUT2D eigenvalue weighted by atomic mass is 16.8. The highest BCUT2D eigenvalue weighted by molar-refractivity contribution is 5.73. The van der Waals surface area contributed by atoms with Crippen LogP contribution in [0.3, 0.4) is 0 Å². The zero-order chi connectivity index (χ0) is 20.1. The van der Waals surface area contributed by atoms with Crippen molar-refractivity contribution in [3.05, 3.63) is 18.3 Å². The molecule has 8 nitrogen and oxygen atoms in total. The van der Waals surface area contributed by atoms with Crippen molar-refractivity contribution in [2.75, 3.05) is 6.61 Å². The average Bonchev–Trinajstić information content (AvgIpc) is 3.24. The number of fused-ring (bicyclic) bond motifs is 2. The summed E-state index contributed by atoms with van der Waals surface area (Å²) in [6.45, 7) is 9.92. The number of imidazole rings is 1. The summed E-state index contributed by atoms with van der Waals surface area (Å²) in [4.78, 5) is 24.9. The second-order valence-electron chi connectivity index (χ2n) is 8.67. The molecule has 1 saturated heterocycles. The third kappa shape index (κ3) is 3.51. The van der Waals surface area contributed by atoms with Crippen LogP contribution in [0.2, 0.25) is 0 Å². The lowest BCUT2D eigenvalue weighted by Gasteiger charge is -2.24. The van der Waals surface area contributed by atoms with Crippen molar-refractivity contribution in [3.8, 4) is 0 Å². The highest BCUT2D eigenvalue weighted by Crippen LogP contribution is 2.47. The van der Waals surface area contributed by atoms with Gasteiger partial charge in [0.25, 0.3) is 0 Å². The summed E-state index contributed by atoms with van der Waals surface area (Å²) in [5.74, 6) is -0.400. The van der Waals surface area contributed by atoms with Gasteiger partial charge in [0, 0.05) is 12.8 Å². The Morgan fingerprint density at radius 2 is 2.04 bits per heavy atom. The van der Waals surface area contributed by atoms with E-state index in [1.165, 1.54) is 6.92 Å². The molecular weight excluding hydrogens is 360 g/mol. The molecule has 0 N–H and O–H groups in total. The van der Waals surface area contributed by atoms with Crippen molar-refractivity contribution in [2.45, 2.75) is 71.5 Å². The molecule has 4 atom stereocenters. The van der Waals surface area contributed by atoms with Crippen molar-refractivity contribution in [2.24, 2.45) is 11.8 Å². The van der Waals surface area contributed by atoms with Gasteiger partial charge in [0.15, 0.2) is 11.4 Å². The fourth-order valence-corrected chi connectivity index (χ4v) is 4.40. The summed E-state index contributed by atoms with van der Waals surface area (Å²) in [5, 5.41) is 0. The Labute approximate surface area is 164 Å². The van der Waals surface area contributed by atoms with Crippen LogP contribution in [-0.4, -0.2) is 50.1 Å². The van der Waals surface area contributed by atoms with Gasteiger partial charge in [-0.3, -0.25) is 4.79 Å². The van der Waals surface area contributed by atoms with Crippen molar-refractivity contribution in [1.82, 2.24) is 19.5 Å². The predicted molar refractivity (Wildman–Crippen MR) is 101 cm³/mol. The number of nitrogens with zero attached hydrogens (tertiary/aromatic N) is 4. The summed E-state index contributed by atoms with van der Waals surface area (Å²) < 4.78 is 19.8. The molecule has 0 spiro atoms. The normalized spacial score (nSPS) is 28.8. The molecule has 0 radical (unpaired) electrons. The number of ether oxygens (including phenoxy) is 3. The summed E-state index contributed by atoms with van der Waals surface area (Å²) in [5.41, 5.74) is 2.62. The fraction of sp³-hybridized carbons (Fsp3) is 0.700. The first-order valence-corrected chi connectivity index (χ1v) is 9.90. The van der Waals surface area contributed by atoms with E-state index in [0.717, 1.165) is 29.7 Å². The molecule has 2 fully saturated rings. The molecule has 0 unspecified atom stereocenters. The van der Waals surface area contributed by atoms with Crippen LogP contribution in [0.1, 0.15) is 52.8 Å². The molecule has 8 heteroatoms. The molecule has 0 aromatic carbocycles. The second kappa shape index (κ2) is 7.08. The Bertz CT molecular complexity index is 878. The van der Waals surface area contributed by atoms with Crippen LogP contribution in [-0.2, 0) is 25.4 Å². The van der Waals surface area contributed by atoms with E-state index in [9.17, 15) is 4.79 Å². The third-order valence-corrected chi connectivity index (χ3v) is 5.45. The minimum Gasteiger partial charge on any atom is -0.465 e. The summed E-state index contributed by atoms with van der Waals surface area (Å²) in [6.07, 6.45) is 4.79. The largest absolute Gasteiger partial charge is 0.465 e. The van der Waals surface area contributed by atoms with E-state index in [0.29, 0.717) is 12.5 Å². The van der Waals surface area contributed by atoms with Gasteiger partial charge >= 0.3 is 5.97 Å². The quantitative estimate of drug-likeness (QED) is 0.728. The lowest BCUT2D eigenvalue weighted by Crippen LogP contribution is -2.28. The molecule has 0 bridgehead atoms. The molecule has 1 saturated carbocycles. The Hall–Kier alpha value is -2.06. The van der Waals surface area contributed by atoms with E-state index in [4.69, 9.17) is 14.2 Å². The Balaban J connectivity index is 1.67. The first-order valence-electron chi connectivity index (χ1n) is 9.90. The summed E-state index contributed by atoms with van der Waals surface area (Å²) in [6, 6.07) is 0.0131. The SMILES string of the molecule is CC(=O)OC[C@H]1C[C@@H](n2cnc3c(CC(C)C)ncnc32)[C@H]2OC(C)(C)O[C@H]12. The number of hydrogen-bond donors (Lipinski definition) is 0. The van der Waals surface area contributed by atoms with E-state index in [2.05, 4.69) is 33.4 Å². The number of aromatic nitrogens is 4. The predicted octanol–water partition coefficient (Wildman–Crippen LogP) is 2.67. The van der Waals surface area contributed by atoms with Gasteiger partial charge in [-0.05, 0) is 32.6 Å². The van der Waals surface area contributed by atoms with Gasteiger partial charge in [-0.15, -0.1) is 0 Å². The standard InChI is InChI=1S/C20H28N4O4/c1-11(2)6-14-16-19(22-9-21-14)24(10-23-16)15-7-13(8-26-12(3)25)17-18(15)28-20(4,5)27-17/h9-11,13,15,17-18H,6-8H2,1-5H3/t13-,15-,17-,18-/m1/s1. The molecule has 152 valence electrons. The van der Waals surface area contributed by atoms with Crippen LogP contribution in [0.25, 0.3) is 11.2 Å². The van der Waals surface area contributed by atoms with Crippen molar-refractivity contribution in [3.63, 3.8) is 0 Å². The molecule has 3 heterocycles. The number of rotatable bonds is 5. The first kappa shape index (κ1) is 19.3. The molecule has 1 aliphatic carbocycles. The number of hydrogen-bond acceptors (Lipinski definition) is 7. The molecule has 1 aliphatic heterocycles. The van der Waals surface area contributed by atoms with Crippen LogP contribution < -0.4 is 0 Å². The van der Waals surface area contributed by atoms with Gasteiger partial charge < -0.3 is 18.8 Å². The van der Waals surface area contributed by atoms with Crippen molar-refractivity contribution in [1.29, 1.82) is 0 Å². The van der Waals surface area contributed by atoms with Gasteiger partial charge in [-0.1, -0.05) is 13.8 Å². The maximum absolute atomic E-state index is 11.3. The minimum absolute atomic E-state index is 0.0131. The molecule has 2 aromatic heterocycles. The second-order valence-corrected chi connectivity index (χ2v) is 8.67. The Morgan fingerprint density at radius 3 is 2.75 bits per heavy atom. The fourth-order valence-electron chi connectivity index (χ4n) is 4.40. The maximum atomic E-state index is 11.3. The number of esters is 1. The zero-order valence-corrected chi connectivity index (χ0v) is 17.1. The van der Waals surface area contributed by atoms with E-state index in [1.54, 1.807) is 6.33 Å². The van der Waals surface area contributed by atoms with E-state index >= 15 is 0 Å². The van der Waals surface area contributed by atoms with Gasteiger partial charge in [-0.2, -0.15) is 0 Å². The van der Waals surface area contributed by atoms with Crippen LogP contribution >= 0.6 is 0 Å². The number of carbonyl (C=O) groups excluding carboxylic acids is 1. The molecule has 2 aromatic rings. The smallest absolute Gasteiger partial charge is 0.302 e. The summed E-state index contributed by atoms with van der Waals surface area (Å²) in [7, 11) is 0. The van der Waals surface area contributed by atoms with Crippen LogP contribution in [0.4, 0.5) is 0 Å². The monoisotopic (exact) mass is 388 g/mol. The highest BCUT2D eigenvalue weighted by Gasteiger charge is 2.55. The topological polar surface area (TPSA) is 88.4 Å². The first-order chi connectivity index (χ1) is 13.2. The van der Waals surface area contributed by atoms with Gasteiger partial charge in [0.1, 0.15) is 17.9 Å². The van der Waals surface area contributed by atoms with E-state index in [-0.39, 0.29) is 30.1 Å². The van der Waals surface area contributed by atoms with Crippen molar-refractivity contribution < 1.29 is 19.0 Å². The van der Waals surface area contributed by atoms with E-state index < -0.39 is 5.79 Å². The zero-order valence-electron chi connectivity index (χ0n) is 17.1. The number of carbonyl (C=O) groups is 1. The lowest BCUT2D eigenvalue weighted by molar-refractivity contribution is -0.164. The van der Waals surface area contributed by atoms with Gasteiger partial charge in [0.2, 0.25) is 0 Å². The van der Waals surface area contributed by atoms with Crippen LogP contribution in [0.5, 0.6) is 0 Å². The third-order valence-electron chi connectivity index (χ3n) is 5.45. The Morgan fingerprint density at radius 1 is 1.29 bits per heavy atom. The van der Waals surface area contributed by atoms with Crippen LogP contribution in [0, 0.1) is 11.8 Å². The molecular formula is C20H28N4O4. The minimum atomic E-state index is -0.670. The Kier molecular flexibility index (Phi) is 4.87. The van der Waals surface area contributed by atoms with Crippen LogP contribution in [0.15, 0.2) is 12.7 Å². The van der Waals surface area contributed by atoms with Crippen molar-refractivity contribution >= 4 is 17.1 Å². The van der Waals surface area contributed by atoms with Gasteiger partial charge in [0.05, 0.1) is 30.8 Å². The molecule has 28 heavy (non-hydrogen) atoms. The lowest BCUT2D eigenvalue weighted by atomic mass is 10.1. The van der Waals surface area contributed by atoms with Gasteiger partial charge in [-0.25, -0.2) is 15.0 Å². The maximum Gasteiger partial charge on any atom is 0.302 e. The molecule has 0 amide bonds. The summed E-state index contributed by atoms with van der Waals surface area (Å²) >= 11 is 0.